The molecule has 0 bridgehead atoms. The van der Waals surface area contributed by atoms with Crippen molar-refractivity contribution >= 4 is 21.6 Å². The van der Waals surface area contributed by atoms with E-state index in [0.717, 1.165) is 15.7 Å². The molecule has 0 aliphatic rings. The Labute approximate surface area is 121 Å². The maximum absolute atomic E-state index is 13.7. The predicted molar refractivity (Wildman–Crippen MR) is 80.5 cm³/mol. The summed E-state index contributed by atoms with van der Waals surface area (Å²) in [5.74, 6) is -0.251. The lowest BCUT2D eigenvalue weighted by Gasteiger charge is -2.20. The van der Waals surface area contributed by atoms with Crippen LogP contribution in [0.15, 0.2) is 46.9 Å². The Bertz CT molecular complexity index is 572. The summed E-state index contributed by atoms with van der Waals surface area (Å²) < 4.78 is 14.8. The van der Waals surface area contributed by atoms with Crippen molar-refractivity contribution in [3.8, 4) is 0 Å². The van der Waals surface area contributed by atoms with Gasteiger partial charge in [0, 0.05) is 35.9 Å². The third-order valence-electron chi connectivity index (χ3n) is 3.06. The zero-order chi connectivity index (χ0) is 13.8. The summed E-state index contributed by atoms with van der Waals surface area (Å²) in [4.78, 5) is 2.00. The van der Waals surface area contributed by atoms with E-state index >= 15 is 0 Å². The molecule has 2 rings (SSSR count). The molecule has 0 fully saturated rings. The van der Waals surface area contributed by atoms with Gasteiger partial charge < -0.3 is 10.6 Å². The number of halogens is 2. The lowest BCUT2D eigenvalue weighted by Crippen LogP contribution is -2.17. The molecule has 0 atom stereocenters. The van der Waals surface area contributed by atoms with Gasteiger partial charge in [0.05, 0.1) is 0 Å². The van der Waals surface area contributed by atoms with E-state index in [1.54, 1.807) is 6.07 Å². The van der Waals surface area contributed by atoms with Crippen molar-refractivity contribution in [3.63, 3.8) is 0 Å². The van der Waals surface area contributed by atoms with Crippen LogP contribution in [0.25, 0.3) is 0 Å². The molecule has 0 spiro atoms. The van der Waals surface area contributed by atoms with Gasteiger partial charge in [-0.15, -0.1) is 0 Å². The van der Waals surface area contributed by atoms with Crippen LogP contribution in [0.4, 0.5) is 10.1 Å². The molecule has 0 saturated carbocycles. The van der Waals surface area contributed by atoms with Crippen molar-refractivity contribution in [2.24, 2.45) is 5.73 Å². The second-order valence-corrected chi connectivity index (χ2v) is 5.28. The largest absolute Gasteiger partial charge is 0.370 e. The summed E-state index contributed by atoms with van der Waals surface area (Å²) >= 11 is 3.52. The first-order chi connectivity index (χ1) is 9.11. The van der Waals surface area contributed by atoms with E-state index in [1.165, 1.54) is 6.07 Å². The Balaban J connectivity index is 2.18. The lowest BCUT2D eigenvalue weighted by molar-refractivity contribution is 0.610. The van der Waals surface area contributed by atoms with E-state index in [0.29, 0.717) is 12.1 Å². The van der Waals surface area contributed by atoms with Gasteiger partial charge in [-0.2, -0.15) is 0 Å². The van der Waals surface area contributed by atoms with Crippen LogP contribution in [-0.2, 0) is 13.1 Å². The van der Waals surface area contributed by atoms with Crippen LogP contribution in [0.3, 0.4) is 0 Å². The third kappa shape index (κ3) is 3.33. The standard InChI is InChI=1S/C15H16BrFN2/c1-19(10-12-4-2-3-5-14(12)16)13-7-6-11(9-18)15(17)8-13/h2-8H,9-10,18H2,1H3. The van der Waals surface area contributed by atoms with Crippen LogP contribution in [0.1, 0.15) is 11.1 Å². The smallest absolute Gasteiger partial charge is 0.129 e. The summed E-state index contributed by atoms with van der Waals surface area (Å²) in [7, 11) is 1.94. The van der Waals surface area contributed by atoms with Gasteiger partial charge >= 0.3 is 0 Å². The number of nitrogens with two attached hydrogens (primary N) is 1. The molecule has 0 aliphatic carbocycles. The predicted octanol–water partition coefficient (Wildman–Crippen LogP) is 3.68. The number of benzene rings is 2. The number of hydrogen-bond acceptors (Lipinski definition) is 2. The molecule has 0 heterocycles. The molecule has 2 N–H and O–H groups in total. The van der Waals surface area contributed by atoms with Crippen LogP contribution >= 0.6 is 15.9 Å². The molecule has 0 radical (unpaired) electrons. The fourth-order valence-corrected chi connectivity index (χ4v) is 2.32. The van der Waals surface area contributed by atoms with Crippen molar-refractivity contribution < 1.29 is 4.39 Å². The zero-order valence-corrected chi connectivity index (χ0v) is 12.3. The summed E-state index contributed by atoms with van der Waals surface area (Å²) in [6, 6.07) is 13.2. The SMILES string of the molecule is CN(Cc1ccccc1Br)c1ccc(CN)c(F)c1. The maximum Gasteiger partial charge on any atom is 0.129 e. The van der Waals surface area contributed by atoms with Crippen molar-refractivity contribution in [1.82, 2.24) is 0 Å². The minimum Gasteiger partial charge on any atom is -0.370 e. The van der Waals surface area contributed by atoms with E-state index in [-0.39, 0.29) is 12.4 Å². The van der Waals surface area contributed by atoms with Crippen LogP contribution in [0.5, 0.6) is 0 Å². The van der Waals surface area contributed by atoms with Crippen molar-refractivity contribution in [2.45, 2.75) is 13.1 Å². The second-order valence-electron chi connectivity index (χ2n) is 4.43. The van der Waals surface area contributed by atoms with E-state index in [4.69, 9.17) is 5.73 Å². The molecule has 0 saturated heterocycles. The maximum atomic E-state index is 13.7. The highest BCUT2D eigenvalue weighted by Crippen LogP contribution is 2.22. The number of hydrogen-bond donors (Lipinski definition) is 1. The minimum atomic E-state index is -0.251. The molecule has 2 aromatic rings. The van der Waals surface area contributed by atoms with E-state index in [1.807, 2.05) is 42.3 Å². The quantitative estimate of drug-likeness (QED) is 0.930. The highest BCUT2D eigenvalue weighted by Gasteiger charge is 2.07. The number of nitrogens with zero attached hydrogens (tertiary/aromatic N) is 1. The molecular formula is C15H16BrFN2. The summed E-state index contributed by atoms with van der Waals surface area (Å²) in [5, 5.41) is 0. The monoisotopic (exact) mass is 322 g/mol. The summed E-state index contributed by atoms with van der Waals surface area (Å²) in [6.45, 7) is 0.933. The average molecular weight is 323 g/mol. The van der Waals surface area contributed by atoms with Crippen LogP contribution in [0, 0.1) is 5.82 Å². The molecule has 0 aliphatic heterocycles. The fraction of sp³-hybridized carbons (Fsp3) is 0.200. The molecule has 0 unspecified atom stereocenters. The van der Waals surface area contributed by atoms with Crippen LogP contribution in [0.2, 0.25) is 0 Å². The highest BCUT2D eigenvalue weighted by molar-refractivity contribution is 9.10. The molecule has 2 nitrogen and oxygen atoms in total. The Morgan fingerprint density at radius 3 is 2.53 bits per heavy atom. The third-order valence-corrected chi connectivity index (χ3v) is 3.84. The highest BCUT2D eigenvalue weighted by atomic mass is 79.9. The van der Waals surface area contributed by atoms with Gasteiger partial charge in [0.25, 0.3) is 0 Å². The molecule has 100 valence electrons. The molecule has 0 amide bonds. The van der Waals surface area contributed by atoms with Gasteiger partial charge in [0.15, 0.2) is 0 Å². The summed E-state index contributed by atoms with van der Waals surface area (Å²) in [6.07, 6.45) is 0. The summed E-state index contributed by atoms with van der Waals surface area (Å²) in [5.41, 5.74) is 8.00. The molecular weight excluding hydrogens is 307 g/mol. The van der Waals surface area contributed by atoms with Gasteiger partial charge in [0.1, 0.15) is 5.82 Å². The van der Waals surface area contributed by atoms with Crippen LogP contribution in [-0.4, -0.2) is 7.05 Å². The first kappa shape index (κ1) is 14.0. The second kappa shape index (κ2) is 6.17. The van der Waals surface area contributed by atoms with Crippen molar-refractivity contribution in [1.29, 1.82) is 0 Å². The molecule has 19 heavy (non-hydrogen) atoms. The normalized spacial score (nSPS) is 10.5. The molecule has 4 heteroatoms. The van der Waals surface area contributed by atoms with E-state index < -0.39 is 0 Å². The van der Waals surface area contributed by atoms with Crippen molar-refractivity contribution in [3.05, 3.63) is 63.9 Å². The van der Waals surface area contributed by atoms with E-state index in [2.05, 4.69) is 15.9 Å². The minimum absolute atomic E-state index is 0.222. The first-order valence-corrected chi connectivity index (χ1v) is 6.84. The fourth-order valence-electron chi connectivity index (χ4n) is 1.91. The first-order valence-electron chi connectivity index (χ1n) is 6.05. The van der Waals surface area contributed by atoms with Gasteiger partial charge in [-0.1, -0.05) is 40.2 Å². The Morgan fingerprint density at radius 2 is 1.89 bits per heavy atom. The number of anilines is 1. The van der Waals surface area contributed by atoms with Gasteiger partial charge in [0.2, 0.25) is 0 Å². The number of rotatable bonds is 4. The van der Waals surface area contributed by atoms with Crippen LogP contribution < -0.4 is 10.6 Å². The Morgan fingerprint density at radius 1 is 1.16 bits per heavy atom. The van der Waals surface area contributed by atoms with Crippen molar-refractivity contribution in [2.75, 3.05) is 11.9 Å². The van der Waals surface area contributed by atoms with E-state index in [9.17, 15) is 4.39 Å². The van der Waals surface area contributed by atoms with Gasteiger partial charge in [-0.3, -0.25) is 0 Å². The molecule has 2 aromatic carbocycles. The zero-order valence-electron chi connectivity index (χ0n) is 10.7. The average Bonchev–Trinajstić information content (AvgIpc) is 2.41. The molecule has 0 aromatic heterocycles. The van der Waals surface area contributed by atoms with Gasteiger partial charge in [-0.05, 0) is 23.8 Å². The Kier molecular flexibility index (Phi) is 4.56. The Hall–Kier alpha value is -1.39. The topological polar surface area (TPSA) is 29.3 Å². The lowest BCUT2D eigenvalue weighted by atomic mass is 10.1. The van der Waals surface area contributed by atoms with Gasteiger partial charge in [-0.25, -0.2) is 4.39 Å².